The smallest absolute Gasteiger partial charge is 0.295 e. The van der Waals surface area contributed by atoms with Gasteiger partial charge in [0.25, 0.3) is 11.7 Å². The summed E-state index contributed by atoms with van der Waals surface area (Å²) in [6.45, 7) is 6.08. The zero-order chi connectivity index (χ0) is 21.4. The van der Waals surface area contributed by atoms with Crippen molar-refractivity contribution >= 4 is 17.4 Å². The fraction of sp³-hybridized carbons (Fsp3) is 0.364. The quantitative estimate of drug-likeness (QED) is 0.441. The third kappa shape index (κ3) is 3.54. The van der Waals surface area contributed by atoms with E-state index in [1.807, 2.05) is 13.8 Å². The van der Waals surface area contributed by atoms with E-state index in [9.17, 15) is 14.7 Å². The number of hydrogen-bond donors (Lipinski definition) is 1. The number of carbonyl (C=O) groups excluding carboxylic acids is 2. The Kier molecular flexibility index (Phi) is 5.26. The summed E-state index contributed by atoms with van der Waals surface area (Å²) in [6, 6.07) is 7.45. The second kappa shape index (κ2) is 7.87. The van der Waals surface area contributed by atoms with Crippen LogP contribution in [0.15, 0.2) is 40.3 Å². The number of Topliss-reactive ketones (excluding diaryl/α,β-unsaturated/α-hetero) is 1. The van der Waals surface area contributed by atoms with Crippen LogP contribution in [-0.4, -0.2) is 47.7 Å². The molecule has 1 saturated heterocycles. The first-order valence-electron chi connectivity index (χ1n) is 9.73. The number of rotatable bonds is 6. The zero-order valence-electron chi connectivity index (χ0n) is 17.0. The third-order valence-corrected chi connectivity index (χ3v) is 5.00. The van der Waals surface area contributed by atoms with Crippen LogP contribution in [0.25, 0.3) is 5.76 Å². The lowest BCUT2D eigenvalue weighted by Gasteiger charge is -2.23. The van der Waals surface area contributed by atoms with Gasteiger partial charge in [-0.3, -0.25) is 9.59 Å². The molecule has 1 aromatic heterocycles. The maximum atomic E-state index is 12.9. The molecule has 0 bridgehead atoms. The van der Waals surface area contributed by atoms with E-state index in [0.29, 0.717) is 28.6 Å². The predicted molar refractivity (Wildman–Crippen MR) is 106 cm³/mol. The molecule has 8 heteroatoms. The minimum atomic E-state index is -0.847. The number of ether oxygens (including phenoxy) is 3. The van der Waals surface area contributed by atoms with Crippen LogP contribution in [0.3, 0.4) is 0 Å². The van der Waals surface area contributed by atoms with Crippen molar-refractivity contribution in [2.75, 3.05) is 19.9 Å². The van der Waals surface area contributed by atoms with Crippen molar-refractivity contribution in [2.24, 2.45) is 0 Å². The highest BCUT2D eigenvalue weighted by molar-refractivity contribution is 6.46. The molecule has 1 atom stereocenters. The largest absolute Gasteiger partial charge is 0.507 e. The highest BCUT2D eigenvalue weighted by Gasteiger charge is 2.47. The van der Waals surface area contributed by atoms with Crippen LogP contribution in [0.1, 0.15) is 37.0 Å². The molecule has 0 spiro atoms. The van der Waals surface area contributed by atoms with Gasteiger partial charge < -0.3 is 28.6 Å². The first-order valence-corrected chi connectivity index (χ1v) is 9.73. The van der Waals surface area contributed by atoms with Gasteiger partial charge in [-0.05, 0) is 51.1 Å². The molecule has 2 aliphatic rings. The van der Waals surface area contributed by atoms with E-state index in [-0.39, 0.29) is 37.4 Å². The number of carbonyl (C=O) groups is 2. The molecular formula is C22H23NO7. The lowest BCUT2D eigenvalue weighted by atomic mass is 9.99. The molecule has 0 aliphatic carbocycles. The van der Waals surface area contributed by atoms with E-state index in [0.717, 1.165) is 0 Å². The van der Waals surface area contributed by atoms with E-state index in [2.05, 4.69) is 0 Å². The number of hydrogen-bond acceptors (Lipinski definition) is 7. The number of likely N-dealkylation sites (tertiary alicyclic amines) is 1. The molecule has 1 N–H and O–H groups in total. The van der Waals surface area contributed by atoms with Gasteiger partial charge in [0.05, 0.1) is 18.3 Å². The molecule has 2 aliphatic heterocycles. The Hall–Kier alpha value is -3.26. The molecule has 30 heavy (non-hydrogen) atoms. The molecule has 2 aromatic rings. The highest BCUT2D eigenvalue weighted by Crippen LogP contribution is 2.41. The Morgan fingerprint density at radius 2 is 1.97 bits per heavy atom. The van der Waals surface area contributed by atoms with Crippen LogP contribution in [0.2, 0.25) is 0 Å². The SMILES string of the molecule is Cc1ccc(C2/C(=C(/O)c3ccc4c(c3)OCO4)C(=O)C(=O)N2CCOC(C)C)o1. The van der Waals surface area contributed by atoms with Crippen molar-refractivity contribution in [2.45, 2.75) is 32.9 Å². The topological polar surface area (TPSA) is 98.4 Å². The lowest BCUT2D eigenvalue weighted by molar-refractivity contribution is -0.140. The van der Waals surface area contributed by atoms with Crippen molar-refractivity contribution in [3.63, 3.8) is 0 Å². The van der Waals surface area contributed by atoms with E-state index in [4.69, 9.17) is 18.6 Å². The van der Waals surface area contributed by atoms with Gasteiger partial charge in [-0.15, -0.1) is 0 Å². The van der Waals surface area contributed by atoms with Gasteiger partial charge in [-0.25, -0.2) is 0 Å². The van der Waals surface area contributed by atoms with Gasteiger partial charge in [-0.1, -0.05) is 0 Å². The summed E-state index contributed by atoms with van der Waals surface area (Å²) in [5, 5.41) is 11.0. The number of amides is 1. The number of furan rings is 1. The predicted octanol–water partition coefficient (Wildman–Crippen LogP) is 3.16. The first-order chi connectivity index (χ1) is 14.4. The van der Waals surface area contributed by atoms with E-state index in [1.54, 1.807) is 37.3 Å². The van der Waals surface area contributed by atoms with E-state index >= 15 is 0 Å². The number of fused-ring (bicyclic) bond motifs is 1. The summed E-state index contributed by atoms with van der Waals surface area (Å²) in [4.78, 5) is 27.1. The second-order valence-electron chi connectivity index (χ2n) is 7.43. The summed E-state index contributed by atoms with van der Waals surface area (Å²) >= 11 is 0. The standard InChI is InChI=1S/C22H23NO7/c1-12(2)27-9-8-23-19(16-6-4-13(3)30-16)18(21(25)22(23)26)20(24)14-5-7-15-17(10-14)29-11-28-15/h4-7,10,12,19,24H,8-9,11H2,1-3H3/b20-18-. The Balaban J connectivity index is 1.76. The molecular weight excluding hydrogens is 390 g/mol. The van der Waals surface area contributed by atoms with Gasteiger partial charge in [0.2, 0.25) is 6.79 Å². The van der Waals surface area contributed by atoms with Gasteiger partial charge in [-0.2, -0.15) is 0 Å². The number of aliphatic hydroxyl groups excluding tert-OH is 1. The molecule has 0 radical (unpaired) electrons. The summed E-state index contributed by atoms with van der Waals surface area (Å²) in [5.74, 6) is 0.283. The highest BCUT2D eigenvalue weighted by atomic mass is 16.7. The number of ketones is 1. The van der Waals surface area contributed by atoms with Crippen LogP contribution in [-0.2, 0) is 14.3 Å². The van der Waals surface area contributed by atoms with Crippen LogP contribution in [0, 0.1) is 6.92 Å². The number of benzene rings is 1. The minimum absolute atomic E-state index is 0.0141. The summed E-state index contributed by atoms with van der Waals surface area (Å²) in [7, 11) is 0. The number of aliphatic hydroxyl groups is 1. The molecule has 0 saturated carbocycles. The molecule has 1 amide bonds. The van der Waals surface area contributed by atoms with Crippen LogP contribution >= 0.6 is 0 Å². The average molecular weight is 413 g/mol. The normalized spacial score (nSPS) is 19.9. The fourth-order valence-electron chi connectivity index (χ4n) is 3.59. The summed E-state index contributed by atoms with van der Waals surface area (Å²) in [5.41, 5.74) is 0.321. The minimum Gasteiger partial charge on any atom is -0.507 e. The molecule has 1 unspecified atom stereocenters. The molecule has 158 valence electrons. The zero-order valence-corrected chi connectivity index (χ0v) is 17.0. The van der Waals surface area contributed by atoms with Crippen LogP contribution in [0.4, 0.5) is 0 Å². The van der Waals surface area contributed by atoms with Gasteiger partial charge >= 0.3 is 0 Å². The maximum Gasteiger partial charge on any atom is 0.295 e. The first kappa shape index (κ1) is 20.0. The van der Waals surface area contributed by atoms with Crippen molar-refractivity contribution in [3.05, 3.63) is 53.0 Å². The second-order valence-corrected chi connectivity index (χ2v) is 7.43. The van der Waals surface area contributed by atoms with Crippen LogP contribution in [0.5, 0.6) is 11.5 Å². The van der Waals surface area contributed by atoms with E-state index in [1.165, 1.54) is 4.90 Å². The van der Waals surface area contributed by atoms with Crippen molar-refractivity contribution in [3.8, 4) is 11.5 Å². The van der Waals surface area contributed by atoms with Crippen LogP contribution < -0.4 is 9.47 Å². The molecule has 4 rings (SSSR count). The molecule has 8 nitrogen and oxygen atoms in total. The fourth-order valence-corrected chi connectivity index (χ4v) is 3.59. The lowest BCUT2D eigenvalue weighted by Crippen LogP contribution is -2.33. The number of nitrogens with zero attached hydrogens (tertiary/aromatic N) is 1. The van der Waals surface area contributed by atoms with Crippen molar-refractivity contribution in [1.82, 2.24) is 4.90 Å². The Labute approximate surface area is 173 Å². The number of aryl methyl sites for hydroxylation is 1. The van der Waals surface area contributed by atoms with Gasteiger partial charge in [0.15, 0.2) is 11.5 Å². The Morgan fingerprint density at radius 3 is 2.67 bits per heavy atom. The Bertz CT molecular complexity index is 1020. The molecule has 3 heterocycles. The average Bonchev–Trinajstić information content (AvgIpc) is 3.41. The van der Waals surface area contributed by atoms with Gasteiger partial charge in [0, 0.05) is 12.1 Å². The summed E-state index contributed by atoms with van der Waals surface area (Å²) in [6.07, 6.45) is -0.0141. The Morgan fingerprint density at radius 1 is 1.20 bits per heavy atom. The third-order valence-electron chi connectivity index (χ3n) is 5.00. The van der Waals surface area contributed by atoms with Crippen molar-refractivity contribution < 1.29 is 33.3 Å². The van der Waals surface area contributed by atoms with Crippen molar-refractivity contribution in [1.29, 1.82) is 0 Å². The monoisotopic (exact) mass is 413 g/mol. The molecule has 1 aromatic carbocycles. The van der Waals surface area contributed by atoms with E-state index < -0.39 is 17.7 Å². The maximum absolute atomic E-state index is 12.9. The summed E-state index contributed by atoms with van der Waals surface area (Å²) < 4.78 is 21.9. The van der Waals surface area contributed by atoms with Gasteiger partial charge in [0.1, 0.15) is 23.3 Å². The molecule has 1 fully saturated rings.